The van der Waals surface area contributed by atoms with E-state index < -0.39 is 0 Å². The van der Waals surface area contributed by atoms with Gasteiger partial charge >= 0.3 is 0 Å². The Morgan fingerprint density at radius 3 is 2.75 bits per heavy atom. The minimum Gasteiger partial charge on any atom is -0.207 e. The van der Waals surface area contributed by atoms with Crippen molar-refractivity contribution in [3.05, 3.63) is 41.0 Å². The van der Waals surface area contributed by atoms with Crippen molar-refractivity contribution in [2.45, 2.75) is 19.3 Å². The van der Waals surface area contributed by atoms with Gasteiger partial charge in [-0.25, -0.2) is 4.39 Å². The van der Waals surface area contributed by atoms with Crippen LogP contribution in [0.5, 0.6) is 0 Å². The maximum atomic E-state index is 13.1. The summed E-state index contributed by atoms with van der Waals surface area (Å²) in [5, 5.41) is 0. The average Bonchev–Trinajstić information content (AvgIpc) is 2.03. The van der Waals surface area contributed by atoms with Gasteiger partial charge in [-0.05, 0) is 30.5 Å². The summed E-state index contributed by atoms with van der Waals surface area (Å²) in [5.74, 6) is -0.127. The third kappa shape index (κ3) is 2.59. The first kappa shape index (κ1) is 9.72. The van der Waals surface area contributed by atoms with Gasteiger partial charge in [0, 0.05) is 4.47 Å². The molecular weight excluding hydrogens is 219 g/mol. The minimum absolute atomic E-state index is 0.127. The zero-order valence-corrected chi connectivity index (χ0v) is 8.40. The molecule has 1 rings (SSSR count). The van der Waals surface area contributed by atoms with E-state index in [0.717, 1.165) is 29.3 Å². The lowest BCUT2D eigenvalue weighted by Crippen LogP contribution is -1.89. The summed E-state index contributed by atoms with van der Waals surface area (Å²) in [5.41, 5.74) is 0.779. The summed E-state index contributed by atoms with van der Waals surface area (Å²) >= 11 is 3.21. The first-order valence-corrected chi connectivity index (χ1v) is 4.76. The van der Waals surface area contributed by atoms with Crippen molar-refractivity contribution in [1.29, 1.82) is 0 Å². The molecule has 0 unspecified atom stereocenters. The number of hydrogen-bond acceptors (Lipinski definition) is 0. The van der Waals surface area contributed by atoms with Crippen LogP contribution < -0.4 is 0 Å². The van der Waals surface area contributed by atoms with E-state index in [1.165, 1.54) is 6.07 Å². The zero-order chi connectivity index (χ0) is 8.97. The molecule has 0 aromatic heterocycles. The van der Waals surface area contributed by atoms with E-state index in [0.29, 0.717) is 0 Å². The molecule has 0 spiro atoms. The van der Waals surface area contributed by atoms with Crippen molar-refractivity contribution >= 4 is 15.9 Å². The highest BCUT2D eigenvalue weighted by molar-refractivity contribution is 9.10. The zero-order valence-electron chi connectivity index (χ0n) is 6.82. The SMILES string of the molecule is [CH2]CCCc1ccc(Br)cc1F. The number of benzene rings is 1. The third-order valence-corrected chi connectivity index (χ3v) is 2.20. The normalized spacial score (nSPS) is 10.2. The third-order valence-electron chi connectivity index (χ3n) is 1.71. The highest BCUT2D eigenvalue weighted by Crippen LogP contribution is 2.16. The Morgan fingerprint density at radius 2 is 2.17 bits per heavy atom. The first-order chi connectivity index (χ1) is 5.74. The predicted molar refractivity (Wildman–Crippen MR) is 52.4 cm³/mol. The molecular formula is C10H11BrF. The maximum absolute atomic E-state index is 13.1. The molecule has 12 heavy (non-hydrogen) atoms. The van der Waals surface area contributed by atoms with E-state index in [4.69, 9.17) is 0 Å². The van der Waals surface area contributed by atoms with Gasteiger partial charge in [-0.15, -0.1) is 0 Å². The monoisotopic (exact) mass is 229 g/mol. The molecule has 0 nitrogen and oxygen atoms in total. The Balaban J connectivity index is 2.72. The van der Waals surface area contributed by atoms with Crippen LogP contribution in [0.1, 0.15) is 18.4 Å². The smallest absolute Gasteiger partial charge is 0.127 e. The Labute approximate surface area is 80.9 Å². The van der Waals surface area contributed by atoms with Gasteiger partial charge < -0.3 is 0 Å². The van der Waals surface area contributed by atoms with Gasteiger partial charge in [0.15, 0.2) is 0 Å². The van der Waals surface area contributed by atoms with Crippen molar-refractivity contribution in [2.24, 2.45) is 0 Å². The number of unbranched alkanes of at least 4 members (excludes halogenated alkanes) is 1. The number of aryl methyl sites for hydroxylation is 1. The topological polar surface area (TPSA) is 0 Å². The summed E-state index contributed by atoms with van der Waals surface area (Å²) in [6.07, 6.45) is 2.58. The molecule has 0 atom stereocenters. The minimum atomic E-state index is -0.127. The van der Waals surface area contributed by atoms with Crippen LogP contribution in [0.2, 0.25) is 0 Å². The van der Waals surface area contributed by atoms with Crippen LogP contribution in [0.3, 0.4) is 0 Å². The van der Waals surface area contributed by atoms with Gasteiger partial charge in [0.1, 0.15) is 5.82 Å². The molecule has 0 aliphatic rings. The van der Waals surface area contributed by atoms with Gasteiger partial charge in [-0.3, -0.25) is 0 Å². The quantitative estimate of drug-likeness (QED) is 0.741. The lowest BCUT2D eigenvalue weighted by Gasteiger charge is -2.01. The largest absolute Gasteiger partial charge is 0.207 e. The summed E-state index contributed by atoms with van der Waals surface area (Å²) in [7, 11) is 0. The van der Waals surface area contributed by atoms with Gasteiger partial charge in [0.25, 0.3) is 0 Å². The van der Waals surface area contributed by atoms with Gasteiger partial charge in [0.2, 0.25) is 0 Å². The van der Waals surface area contributed by atoms with Crippen LogP contribution >= 0.6 is 15.9 Å². The highest BCUT2D eigenvalue weighted by atomic mass is 79.9. The van der Waals surface area contributed by atoms with Crippen LogP contribution in [0.15, 0.2) is 22.7 Å². The molecule has 0 aliphatic carbocycles. The van der Waals surface area contributed by atoms with Gasteiger partial charge in [-0.1, -0.05) is 35.3 Å². The lowest BCUT2D eigenvalue weighted by atomic mass is 10.1. The maximum Gasteiger partial charge on any atom is 0.127 e. The Kier molecular flexibility index (Phi) is 3.73. The molecule has 1 aromatic rings. The summed E-state index contributed by atoms with van der Waals surface area (Å²) in [6, 6.07) is 5.18. The van der Waals surface area contributed by atoms with Gasteiger partial charge in [0.05, 0.1) is 0 Å². The Hall–Kier alpha value is -0.370. The molecule has 0 fully saturated rings. The Morgan fingerprint density at radius 1 is 1.42 bits per heavy atom. The van der Waals surface area contributed by atoms with E-state index in [-0.39, 0.29) is 5.82 Å². The molecule has 1 aromatic carbocycles. The van der Waals surface area contributed by atoms with Crippen molar-refractivity contribution < 1.29 is 4.39 Å². The lowest BCUT2D eigenvalue weighted by molar-refractivity contribution is 0.604. The van der Waals surface area contributed by atoms with Crippen LogP contribution in [0.25, 0.3) is 0 Å². The first-order valence-electron chi connectivity index (χ1n) is 3.97. The van der Waals surface area contributed by atoms with Crippen LogP contribution in [-0.2, 0) is 6.42 Å². The summed E-state index contributed by atoms with van der Waals surface area (Å²) in [4.78, 5) is 0. The van der Waals surface area contributed by atoms with E-state index in [9.17, 15) is 4.39 Å². The summed E-state index contributed by atoms with van der Waals surface area (Å²) in [6.45, 7) is 3.72. The fourth-order valence-electron chi connectivity index (χ4n) is 1.04. The van der Waals surface area contributed by atoms with Crippen molar-refractivity contribution in [3.8, 4) is 0 Å². The number of halogens is 2. The Bertz CT molecular complexity index is 258. The van der Waals surface area contributed by atoms with Crippen molar-refractivity contribution in [1.82, 2.24) is 0 Å². The van der Waals surface area contributed by atoms with E-state index >= 15 is 0 Å². The molecule has 0 N–H and O–H groups in total. The number of rotatable bonds is 3. The predicted octanol–water partition coefficient (Wildman–Crippen LogP) is 3.74. The van der Waals surface area contributed by atoms with Gasteiger partial charge in [-0.2, -0.15) is 0 Å². The average molecular weight is 230 g/mol. The van der Waals surface area contributed by atoms with Crippen LogP contribution in [0.4, 0.5) is 4.39 Å². The fourth-order valence-corrected chi connectivity index (χ4v) is 1.37. The molecule has 0 bridgehead atoms. The van der Waals surface area contributed by atoms with Crippen LogP contribution in [-0.4, -0.2) is 0 Å². The highest BCUT2D eigenvalue weighted by Gasteiger charge is 2.00. The second-order valence-corrected chi connectivity index (χ2v) is 3.61. The van der Waals surface area contributed by atoms with Crippen molar-refractivity contribution in [2.75, 3.05) is 0 Å². The molecule has 2 heteroatoms. The van der Waals surface area contributed by atoms with E-state index in [1.807, 2.05) is 12.1 Å². The molecule has 0 amide bonds. The van der Waals surface area contributed by atoms with Crippen molar-refractivity contribution in [3.63, 3.8) is 0 Å². The standard InChI is InChI=1S/C10H11BrF/c1-2-3-4-8-5-6-9(11)7-10(8)12/h5-7H,1-4H2. The summed E-state index contributed by atoms with van der Waals surface area (Å²) < 4.78 is 13.9. The van der Waals surface area contributed by atoms with Crippen LogP contribution in [0, 0.1) is 12.7 Å². The van der Waals surface area contributed by atoms with E-state index in [1.54, 1.807) is 0 Å². The second kappa shape index (κ2) is 4.61. The molecule has 0 aliphatic heterocycles. The second-order valence-electron chi connectivity index (χ2n) is 2.69. The fraction of sp³-hybridized carbons (Fsp3) is 0.300. The molecule has 1 radical (unpaired) electrons. The molecule has 65 valence electrons. The molecule has 0 saturated heterocycles. The number of hydrogen-bond donors (Lipinski definition) is 0. The molecule has 0 saturated carbocycles. The van der Waals surface area contributed by atoms with E-state index in [2.05, 4.69) is 22.9 Å². The molecule has 0 heterocycles.